The van der Waals surface area contributed by atoms with E-state index in [1.165, 1.54) is 0 Å². The van der Waals surface area contributed by atoms with Gasteiger partial charge in [0.1, 0.15) is 6.61 Å². The minimum absolute atomic E-state index is 0.313. The third kappa shape index (κ3) is 5.78. The van der Waals surface area contributed by atoms with Crippen LogP contribution >= 0.6 is 34.8 Å². The molecular weight excluding hydrogens is 305 g/mol. The number of hydrogen-bond donors (Lipinski definition) is 1. The van der Waals surface area contributed by atoms with Gasteiger partial charge in [-0.05, 0) is 31.5 Å². The second-order valence-corrected chi connectivity index (χ2v) is 5.70. The van der Waals surface area contributed by atoms with Crippen molar-refractivity contribution in [2.45, 2.75) is 39.2 Å². The van der Waals surface area contributed by atoms with Crippen LogP contribution in [0.15, 0.2) is 12.1 Å². The lowest BCUT2D eigenvalue weighted by molar-refractivity contribution is 0.256. The summed E-state index contributed by atoms with van der Waals surface area (Å²) in [5, 5.41) is 4.86. The van der Waals surface area contributed by atoms with Crippen molar-refractivity contribution in [1.29, 1.82) is 0 Å². The Morgan fingerprint density at radius 3 is 2.26 bits per heavy atom. The fraction of sp³-hybridized carbons (Fsp3) is 0.571. The van der Waals surface area contributed by atoms with E-state index in [9.17, 15) is 0 Å². The lowest BCUT2D eigenvalue weighted by Gasteiger charge is -2.19. The van der Waals surface area contributed by atoms with Crippen molar-refractivity contribution in [1.82, 2.24) is 5.32 Å². The van der Waals surface area contributed by atoms with E-state index in [0.29, 0.717) is 33.5 Å². The van der Waals surface area contributed by atoms with Crippen LogP contribution in [0.3, 0.4) is 0 Å². The van der Waals surface area contributed by atoms with Gasteiger partial charge >= 0.3 is 0 Å². The molecule has 5 heteroatoms. The molecule has 108 valence electrons. The number of ether oxygens (including phenoxy) is 1. The van der Waals surface area contributed by atoms with Crippen LogP contribution in [0.1, 0.15) is 33.1 Å². The predicted molar refractivity (Wildman–Crippen MR) is 84.0 cm³/mol. The summed E-state index contributed by atoms with van der Waals surface area (Å²) >= 11 is 18.0. The van der Waals surface area contributed by atoms with E-state index in [-0.39, 0.29) is 0 Å². The molecule has 1 aromatic carbocycles. The molecule has 0 spiro atoms. The number of rotatable bonds is 8. The van der Waals surface area contributed by atoms with Gasteiger partial charge in [-0.15, -0.1) is 0 Å². The van der Waals surface area contributed by atoms with Gasteiger partial charge in [0.2, 0.25) is 0 Å². The normalized spacial score (nSPS) is 12.5. The van der Waals surface area contributed by atoms with Crippen LogP contribution in [-0.2, 0) is 0 Å². The fourth-order valence-corrected chi connectivity index (χ4v) is 2.72. The van der Waals surface area contributed by atoms with Gasteiger partial charge in [-0.1, -0.05) is 55.1 Å². The highest BCUT2D eigenvalue weighted by Crippen LogP contribution is 2.35. The number of benzene rings is 1. The zero-order valence-electron chi connectivity index (χ0n) is 11.3. The van der Waals surface area contributed by atoms with Gasteiger partial charge in [-0.25, -0.2) is 0 Å². The Balaban J connectivity index is 2.63. The highest BCUT2D eigenvalue weighted by atomic mass is 35.5. The summed E-state index contributed by atoms with van der Waals surface area (Å²) in [4.78, 5) is 0. The zero-order valence-corrected chi connectivity index (χ0v) is 13.6. The summed E-state index contributed by atoms with van der Waals surface area (Å²) in [5.41, 5.74) is 0. The maximum absolute atomic E-state index is 6.09. The SMILES string of the molecule is CCCNC(CCC)COc1c(Cl)cc(Cl)cc1Cl. The summed E-state index contributed by atoms with van der Waals surface area (Å²) in [6.45, 7) is 5.83. The third-order valence-corrected chi connectivity index (χ3v) is 3.49. The van der Waals surface area contributed by atoms with Gasteiger partial charge in [0, 0.05) is 11.1 Å². The molecule has 1 unspecified atom stereocenters. The van der Waals surface area contributed by atoms with Gasteiger partial charge < -0.3 is 10.1 Å². The Kier molecular flexibility index (Phi) is 7.93. The molecule has 1 aromatic rings. The fourth-order valence-electron chi connectivity index (χ4n) is 1.79. The van der Waals surface area contributed by atoms with Crippen LogP contribution < -0.4 is 10.1 Å². The van der Waals surface area contributed by atoms with Crippen LogP contribution in [0.2, 0.25) is 15.1 Å². The summed E-state index contributed by atoms with van der Waals surface area (Å²) in [6, 6.07) is 3.59. The predicted octanol–water partition coefficient (Wildman–Crippen LogP) is 5.19. The van der Waals surface area contributed by atoms with Crippen molar-refractivity contribution in [2.24, 2.45) is 0 Å². The van der Waals surface area contributed by atoms with E-state index in [2.05, 4.69) is 19.2 Å². The van der Waals surface area contributed by atoms with E-state index < -0.39 is 0 Å². The second-order valence-electron chi connectivity index (χ2n) is 4.45. The first kappa shape index (κ1) is 16.9. The van der Waals surface area contributed by atoms with E-state index in [1.54, 1.807) is 12.1 Å². The molecule has 0 bridgehead atoms. The Bertz CT molecular complexity index is 375. The van der Waals surface area contributed by atoms with Crippen molar-refractivity contribution in [3.8, 4) is 5.75 Å². The third-order valence-electron chi connectivity index (χ3n) is 2.71. The van der Waals surface area contributed by atoms with Gasteiger partial charge in [-0.2, -0.15) is 0 Å². The lowest BCUT2D eigenvalue weighted by Crippen LogP contribution is -2.35. The van der Waals surface area contributed by atoms with Crippen LogP contribution in [0.4, 0.5) is 0 Å². The van der Waals surface area contributed by atoms with E-state index in [1.807, 2.05) is 0 Å². The molecule has 0 saturated carbocycles. The maximum atomic E-state index is 6.09. The molecule has 0 fully saturated rings. The molecule has 0 heterocycles. The molecule has 0 aromatic heterocycles. The Labute approximate surface area is 130 Å². The lowest BCUT2D eigenvalue weighted by atomic mass is 10.2. The highest BCUT2D eigenvalue weighted by molar-refractivity contribution is 6.40. The van der Waals surface area contributed by atoms with Crippen molar-refractivity contribution >= 4 is 34.8 Å². The minimum atomic E-state index is 0.313. The quantitative estimate of drug-likeness (QED) is 0.710. The largest absolute Gasteiger partial charge is 0.489 e. The summed E-state index contributed by atoms with van der Waals surface area (Å²) in [5.74, 6) is 0.507. The molecule has 1 rings (SSSR count). The van der Waals surface area contributed by atoms with Crippen molar-refractivity contribution in [3.05, 3.63) is 27.2 Å². The van der Waals surface area contributed by atoms with E-state index in [0.717, 1.165) is 25.8 Å². The van der Waals surface area contributed by atoms with Crippen LogP contribution in [0, 0.1) is 0 Å². The van der Waals surface area contributed by atoms with Gasteiger partial charge in [0.25, 0.3) is 0 Å². The van der Waals surface area contributed by atoms with Crippen molar-refractivity contribution in [2.75, 3.05) is 13.2 Å². The summed E-state index contributed by atoms with van der Waals surface area (Å²) < 4.78 is 5.75. The average molecular weight is 325 g/mol. The summed E-state index contributed by atoms with van der Waals surface area (Å²) in [7, 11) is 0. The molecule has 2 nitrogen and oxygen atoms in total. The van der Waals surface area contributed by atoms with E-state index in [4.69, 9.17) is 39.5 Å². The van der Waals surface area contributed by atoms with Crippen LogP contribution in [0.25, 0.3) is 0 Å². The van der Waals surface area contributed by atoms with Crippen LogP contribution in [-0.4, -0.2) is 19.2 Å². The smallest absolute Gasteiger partial charge is 0.156 e. The molecular formula is C14H20Cl3NO. The summed E-state index contributed by atoms with van der Waals surface area (Å²) in [6.07, 6.45) is 3.26. The number of nitrogens with one attached hydrogen (secondary N) is 1. The first-order chi connectivity index (χ1) is 9.08. The molecule has 0 saturated heterocycles. The Morgan fingerprint density at radius 2 is 1.74 bits per heavy atom. The molecule has 19 heavy (non-hydrogen) atoms. The Hall–Kier alpha value is -0.150. The molecule has 1 N–H and O–H groups in total. The Morgan fingerprint density at radius 1 is 1.11 bits per heavy atom. The molecule has 0 radical (unpaired) electrons. The molecule has 0 amide bonds. The molecule has 0 aliphatic heterocycles. The highest BCUT2D eigenvalue weighted by Gasteiger charge is 2.12. The second kappa shape index (κ2) is 8.91. The van der Waals surface area contributed by atoms with E-state index >= 15 is 0 Å². The molecule has 0 aliphatic rings. The van der Waals surface area contributed by atoms with Gasteiger partial charge in [-0.3, -0.25) is 0 Å². The molecule has 1 atom stereocenters. The molecule has 0 aliphatic carbocycles. The minimum Gasteiger partial charge on any atom is -0.489 e. The average Bonchev–Trinajstić information content (AvgIpc) is 2.34. The van der Waals surface area contributed by atoms with Gasteiger partial charge in [0.05, 0.1) is 10.0 Å². The van der Waals surface area contributed by atoms with Crippen molar-refractivity contribution < 1.29 is 4.74 Å². The monoisotopic (exact) mass is 323 g/mol. The first-order valence-corrected chi connectivity index (χ1v) is 7.72. The topological polar surface area (TPSA) is 21.3 Å². The maximum Gasteiger partial charge on any atom is 0.156 e. The number of halogens is 3. The van der Waals surface area contributed by atoms with Crippen molar-refractivity contribution in [3.63, 3.8) is 0 Å². The zero-order chi connectivity index (χ0) is 14.3. The van der Waals surface area contributed by atoms with Crippen LogP contribution in [0.5, 0.6) is 5.75 Å². The standard InChI is InChI=1S/C14H20Cl3NO/c1-3-5-11(18-6-4-2)9-19-14-12(16)7-10(15)8-13(14)17/h7-8,11,18H,3-6,9H2,1-2H3. The van der Waals surface area contributed by atoms with Gasteiger partial charge in [0.15, 0.2) is 5.75 Å². The first-order valence-electron chi connectivity index (χ1n) is 6.59. The number of hydrogen-bond acceptors (Lipinski definition) is 2.